The maximum atomic E-state index is 13.1. The van der Waals surface area contributed by atoms with Crippen LogP contribution in [-0.2, 0) is 0 Å². The van der Waals surface area contributed by atoms with Gasteiger partial charge >= 0.3 is 0 Å². The van der Waals surface area contributed by atoms with E-state index in [1.165, 1.54) is 12.1 Å². The Labute approximate surface area is 84.6 Å². The third kappa shape index (κ3) is 2.55. The maximum absolute atomic E-state index is 13.1. The number of aryl methyl sites for hydroxylation is 1. The smallest absolute Gasteiger partial charge is 0.123 e. The van der Waals surface area contributed by atoms with Crippen molar-refractivity contribution in [3.05, 3.63) is 35.1 Å². The first-order valence-electron chi connectivity index (χ1n) is 4.76. The lowest BCUT2D eigenvalue weighted by atomic mass is 9.84. The molecule has 0 fully saturated rings. The van der Waals surface area contributed by atoms with Crippen LogP contribution in [0.1, 0.15) is 38.0 Å². The molecule has 1 aromatic rings. The van der Waals surface area contributed by atoms with Gasteiger partial charge in [0.05, 0.1) is 6.10 Å². The standard InChI is InChI=1S/C12H17FO/c1-8-5-9(7-10(13)6-8)11(14)12(2,3)4/h5-7,11,14H,1-4H3. The number of hydrogen-bond donors (Lipinski definition) is 1. The Morgan fingerprint density at radius 1 is 1.21 bits per heavy atom. The molecule has 0 spiro atoms. The van der Waals surface area contributed by atoms with Crippen molar-refractivity contribution in [1.29, 1.82) is 0 Å². The molecule has 0 saturated carbocycles. The number of benzene rings is 1. The van der Waals surface area contributed by atoms with E-state index < -0.39 is 6.10 Å². The maximum Gasteiger partial charge on any atom is 0.123 e. The van der Waals surface area contributed by atoms with Crippen LogP contribution in [0.15, 0.2) is 18.2 Å². The molecular formula is C12H17FO. The lowest BCUT2D eigenvalue weighted by molar-refractivity contribution is 0.0624. The molecule has 0 aliphatic heterocycles. The Morgan fingerprint density at radius 3 is 2.21 bits per heavy atom. The average Bonchev–Trinajstić information content (AvgIpc) is 1.99. The summed E-state index contributed by atoms with van der Waals surface area (Å²) < 4.78 is 13.1. The number of hydrogen-bond acceptors (Lipinski definition) is 1. The fraction of sp³-hybridized carbons (Fsp3) is 0.500. The zero-order valence-corrected chi connectivity index (χ0v) is 9.13. The normalized spacial score (nSPS) is 14.1. The van der Waals surface area contributed by atoms with Crippen LogP contribution >= 0.6 is 0 Å². The van der Waals surface area contributed by atoms with E-state index in [0.717, 1.165) is 5.56 Å². The summed E-state index contributed by atoms with van der Waals surface area (Å²) in [5.74, 6) is -0.289. The van der Waals surface area contributed by atoms with Crippen LogP contribution in [0.3, 0.4) is 0 Å². The molecule has 2 heteroatoms. The van der Waals surface area contributed by atoms with Gasteiger partial charge in [0.15, 0.2) is 0 Å². The van der Waals surface area contributed by atoms with Crippen molar-refractivity contribution >= 4 is 0 Å². The number of rotatable bonds is 1. The predicted octanol–water partition coefficient (Wildman–Crippen LogP) is 3.21. The molecule has 0 bridgehead atoms. The predicted molar refractivity (Wildman–Crippen MR) is 55.6 cm³/mol. The van der Waals surface area contributed by atoms with E-state index in [2.05, 4.69) is 0 Å². The molecule has 0 radical (unpaired) electrons. The van der Waals surface area contributed by atoms with E-state index >= 15 is 0 Å². The van der Waals surface area contributed by atoms with Crippen LogP contribution in [0.25, 0.3) is 0 Å². The minimum Gasteiger partial charge on any atom is -0.388 e. The summed E-state index contributed by atoms with van der Waals surface area (Å²) in [5, 5.41) is 9.94. The first kappa shape index (κ1) is 11.2. The van der Waals surface area contributed by atoms with Gasteiger partial charge in [0.1, 0.15) is 5.82 Å². The highest BCUT2D eigenvalue weighted by molar-refractivity contribution is 5.26. The number of halogens is 1. The monoisotopic (exact) mass is 196 g/mol. The molecule has 78 valence electrons. The molecule has 1 aromatic carbocycles. The molecule has 0 aromatic heterocycles. The van der Waals surface area contributed by atoms with Gasteiger partial charge in [-0.1, -0.05) is 26.8 Å². The molecule has 1 N–H and O–H groups in total. The quantitative estimate of drug-likeness (QED) is 0.731. The minimum absolute atomic E-state index is 0.264. The van der Waals surface area contributed by atoms with E-state index in [1.54, 1.807) is 0 Å². The Hall–Kier alpha value is -0.890. The van der Waals surface area contributed by atoms with Gasteiger partial charge in [0.2, 0.25) is 0 Å². The van der Waals surface area contributed by atoms with Crippen molar-refractivity contribution < 1.29 is 9.50 Å². The third-order valence-corrected chi connectivity index (χ3v) is 2.20. The van der Waals surface area contributed by atoms with Crippen molar-refractivity contribution in [2.75, 3.05) is 0 Å². The van der Waals surface area contributed by atoms with Crippen LogP contribution in [0, 0.1) is 18.2 Å². The van der Waals surface area contributed by atoms with Crippen molar-refractivity contribution in [2.45, 2.75) is 33.8 Å². The molecular weight excluding hydrogens is 179 g/mol. The van der Waals surface area contributed by atoms with E-state index in [0.29, 0.717) is 5.56 Å². The molecule has 1 nitrogen and oxygen atoms in total. The second-order valence-corrected chi connectivity index (χ2v) is 4.83. The van der Waals surface area contributed by atoms with E-state index in [-0.39, 0.29) is 11.2 Å². The summed E-state index contributed by atoms with van der Waals surface area (Å²) in [4.78, 5) is 0. The van der Waals surface area contributed by atoms with E-state index in [9.17, 15) is 9.50 Å². The molecule has 0 aliphatic carbocycles. The molecule has 0 saturated heterocycles. The van der Waals surface area contributed by atoms with Crippen molar-refractivity contribution in [1.82, 2.24) is 0 Å². The van der Waals surface area contributed by atoms with Crippen LogP contribution in [0.4, 0.5) is 4.39 Å². The largest absolute Gasteiger partial charge is 0.388 e. The Balaban J connectivity index is 3.07. The second-order valence-electron chi connectivity index (χ2n) is 4.83. The van der Waals surface area contributed by atoms with Gasteiger partial charge < -0.3 is 5.11 Å². The van der Waals surface area contributed by atoms with Crippen molar-refractivity contribution in [2.24, 2.45) is 5.41 Å². The fourth-order valence-electron chi connectivity index (χ4n) is 1.42. The van der Waals surface area contributed by atoms with Gasteiger partial charge in [-0.25, -0.2) is 4.39 Å². The van der Waals surface area contributed by atoms with Gasteiger partial charge in [0.25, 0.3) is 0 Å². The zero-order valence-electron chi connectivity index (χ0n) is 9.13. The summed E-state index contributed by atoms with van der Waals surface area (Å²) in [6, 6.07) is 4.67. The summed E-state index contributed by atoms with van der Waals surface area (Å²) in [5.41, 5.74) is 1.22. The van der Waals surface area contributed by atoms with Crippen molar-refractivity contribution in [3.63, 3.8) is 0 Å². The van der Waals surface area contributed by atoms with Crippen LogP contribution in [0.5, 0.6) is 0 Å². The SMILES string of the molecule is Cc1cc(F)cc(C(O)C(C)(C)C)c1. The van der Waals surface area contributed by atoms with E-state index in [1.807, 2.05) is 33.8 Å². The highest BCUT2D eigenvalue weighted by atomic mass is 19.1. The molecule has 1 unspecified atom stereocenters. The Morgan fingerprint density at radius 2 is 1.79 bits per heavy atom. The number of aliphatic hydroxyl groups is 1. The van der Waals surface area contributed by atoms with E-state index in [4.69, 9.17) is 0 Å². The molecule has 0 amide bonds. The van der Waals surface area contributed by atoms with Crippen LogP contribution in [0.2, 0.25) is 0 Å². The topological polar surface area (TPSA) is 20.2 Å². The minimum atomic E-state index is -0.628. The zero-order chi connectivity index (χ0) is 10.9. The summed E-state index contributed by atoms with van der Waals surface area (Å²) in [6.45, 7) is 7.61. The second kappa shape index (κ2) is 3.70. The van der Waals surface area contributed by atoms with Crippen molar-refractivity contribution in [3.8, 4) is 0 Å². The van der Waals surface area contributed by atoms with Crippen LogP contribution in [-0.4, -0.2) is 5.11 Å². The third-order valence-electron chi connectivity index (χ3n) is 2.20. The van der Waals surface area contributed by atoms with Gasteiger partial charge in [-0.15, -0.1) is 0 Å². The Bertz CT molecular complexity index is 305. The van der Waals surface area contributed by atoms with Gasteiger partial charge in [-0.2, -0.15) is 0 Å². The molecule has 14 heavy (non-hydrogen) atoms. The first-order chi connectivity index (χ1) is 6.30. The first-order valence-corrected chi connectivity index (χ1v) is 4.76. The molecule has 0 aliphatic rings. The lowest BCUT2D eigenvalue weighted by Crippen LogP contribution is -2.18. The molecule has 1 rings (SSSR count). The lowest BCUT2D eigenvalue weighted by Gasteiger charge is -2.26. The van der Waals surface area contributed by atoms with Gasteiger partial charge in [-0.3, -0.25) is 0 Å². The summed E-state index contributed by atoms with van der Waals surface area (Å²) in [7, 11) is 0. The summed E-state index contributed by atoms with van der Waals surface area (Å²) >= 11 is 0. The number of aliphatic hydroxyl groups excluding tert-OH is 1. The van der Waals surface area contributed by atoms with Gasteiger partial charge in [-0.05, 0) is 35.6 Å². The van der Waals surface area contributed by atoms with Gasteiger partial charge in [0, 0.05) is 0 Å². The van der Waals surface area contributed by atoms with Crippen LogP contribution < -0.4 is 0 Å². The fourth-order valence-corrected chi connectivity index (χ4v) is 1.42. The Kier molecular flexibility index (Phi) is 2.95. The summed E-state index contributed by atoms with van der Waals surface area (Å²) in [6.07, 6.45) is -0.628. The average molecular weight is 196 g/mol. The highest BCUT2D eigenvalue weighted by Gasteiger charge is 2.24. The highest BCUT2D eigenvalue weighted by Crippen LogP contribution is 2.32. The molecule has 0 heterocycles. The molecule has 1 atom stereocenters.